The average Bonchev–Trinajstić information content (AvgIpc) is 3.11. The maximum atomic E-state index is 12.2. The summed E-state index contributed by atoms with van der Waals surface area (Å²) in [7, 11) is 0. The van der Waals surface area contributed by atoms with Crippen LogP contribution in [0, 0.1) is 13.8 Å². The second kappa shape index (κ2) is 6.99. The number of hydrogen-bond donors (Lipinski definition) is 1. The standard InChI is InChI=1S/C21H19N5O/c1-14-8-9-17(12-15(14)2)18-10-11-19-23-24-20(26(19)25-18)13-22-21(27)16-6-4-3-5-7-16/h3-12H,13H2,1-2H3,(H,22,27). The number of carbonyl (C=O) groups excluding carboxylic acids is 1. The van der Waals surface area contributed by atoms with E-state index in [0.29, 0.717) is 17.0 Å². The Bertz CT molecular complexity index is 1120. The van der Waals surface area contributed by atoms with E-state index in [0.717, 1.165) is 11.3 Å². The Balaban J connectivity index is 1.60. The number of rotatable bonds is 4. The molecule has 0 saturated carbocycles. The molecule has 0 atom stereocenters. The first-order chi connectivity index (χ1) is 13.1. The third-order valence-corrected chi connectivity index (χ3v) is 4.57. The largest absolute Gasteiger partial charge is 0.345 e. The lowest BCUT2D eigenvalue weighted by atomic mass is 10.0. The van der Waals surface area contributed by atoms with Gasteiger partial charge in [0.2, 0.25) is 0 Å². The third kappa shape index (κ3) is 3.42. The molecule has 0 spiro atoms. The minimum absolute atomic E-state index is 0.155. The minimum Gasteiger partial charge on any atom is -0.345 e. The number of aryl methyl sites for hydroxylation is 2. The fourth-order valence-electron chi connectivity index (χ4n) is 2.85. The first kappa shape index (κ1) is 16.9. The van der Waals surface area contributed by atoms with Gasteiger partial charge in [0, 0.05) is 11.1 Å². The molecule has 0 saturated heterocycles. The quantitative estimate of drug-likeness (QED) is 0.608. The van der Waals surface area contributed by atoms with Crippen LogP contribution in [0.4, 0.5) is 0 Å². The van der Waals surface area contributed by atoms with E-state index in [-0.39, 0.29) is 12.5 Å². The Kier molecular flexibility index (Phi) is 4.38. The van der Waals surface area contributed by atoms with Gasteiger partial charge in [0.1, 0.15) is 0 Å². The SMILES string of the molecule is Cc1ccc(-c2ccc3nnc(CNC(=O)c4ccccc4)n3n2)cc1C. The van der Waals surface area contributed by atoms with Crippen LogP contribution in [0.15, 0.2) is 60.7 Å². The first-order valence-electron chi connectivity index (χ1n) is 8.74. The molecule has 134 valence electrons. The molecule has 0 bridgehead atoms. The zero-order valence-corrected chi connectivity index (χ0v) is 15.2. The molecular formula is C21H19N5O. The van der Waals surface area contributed by atoms with E-state index in [2.05, 4.69) is 52.7 Å². The fourth-order valence-corrected chi connectivity index (χ4v) is 2.85. The summed E-state index contributed by atoms with van der Waals surface area (Å²) in [5, 5.41) is 15.8. The number of fused-ring (bicyclic) bond motifs is 1. The molecule has 0 unspecified atom stereocenters. The second-order valence-corrected chi connectivity index (χ2v) is 6.45. The van der Waals surface area contributed by atoms with E-state index >= 15 is 0 Å². The molecule has 1 amide bonds. The van der Waals surface area contributed by atoms with E-state index in [4.69, 9.17) is 0 Å². The van der Waals surface area contributed by atoms with E-state index < -0.39 is 0 Å². The van der Waals surface area contributed by atoms with Crippen LogP contribution in [0.3, 0.4) is 0 Å². The van der Waals surface area contributed by atoms with Gasteiger partial charge in [-0.3, -0.25) is 4.79 Å². The van der Waals surface area contributed by atoms with Gasteiger partial charge in [-0.1, -0.05) is 30.3 Å². The lowest BCUT2D eigenvalue weighted by molar-refractivity contribution is 0.0949. The van der Waals surface area contributed by atoms with Crippen molar-refractivity contribution in [2.45, 2.75) is 20.4 Å². The van der Waals surface area contributed by atoms with Crippen molar-refractivity contribution in [2.75, 3.05) is 0 Å². The van der Waals surface area contributed by atoms with Crippen LogP contribution < -0.4 is 5.32 Å². The number of carbonyl (C=O) groups is 1. The second-order valence-electron chi connectivity index (χ2n) is 6.45. The van der Waals surface area contributed by atoms with E-state index in [1.165, 1.54) is 11.1 Å². The lowest BCUT2D eigenvalue weighted by Gasteiger charge is -2.07. The van der Waals surface area contributed by atoms with Crippen molar-refractivity contribution in [1.29, 1.82) is 0 Å². The van der Waals surface area contributed by atoms with Gasteiger partial charge < -0.3 is 5.32 Å². The number of benzene rings is 2. The van der Waals surface area contributed by atoms with Crippen LogP contribution in [0.1, 0.15) is 27.3 Å². The van der Waals surface area contributed by atoms with Gasteiger partial charge in [-0.25, -0.2) is 0 Å². The molecule has 0 fully saturated rings. The van der Waals surface area contributed by atoms with Crippen LogP contribution in [-0.4, -0.2) is 25.7 Å². The molecule has 0 aliphatic carbocycles. The van der Waals surface area contributed by atoms with Crippen molar-refractivity contribution < 1.29 is 4.79 Å². The normalized spacial score (nSPS) is 10.9. The summed E-state index contributed by atoms with van der Waals surface area (Å²) in [6.45, 7) is 4.42. The van der Waals surface area contributed by atoms with Crippen molar-refractivity contribution >= 4 is 11.6 Å². The van der Waals surface area contributed by atoms with Crippen LogP contribution in [0.5, 0.6) is 0 Å². The van der Waals surface area contributed by atoms with Crippen LogP contribution in [-0.2, 0) is 6.54 Å². The predicted molar refractivity (Wildman–Crippen MR) is 103 cm³/mol. The number of hydrogen-bond acceptors (Lipinski definition) is 4. The highest BCUT2D eigenvalue weighted by Crippen LogP contribution is 2.20. The number of nitrogens with zero attached hydrogens (tertiary/aromatic N) is 4. The molecule has 6 nitrogen and oxygen atoms in total. The molecule has 2 aromatic carbocycles. The molecule has 4 rings (SSSR count). The van der Waals surface area contributed by atoms with Crippen LogP contribution in [0.25, 0.3) is 16.9 Å². The smallest absolute Gasteiger partial charge is 0.251 e. The number of amides is 1. The summed E-state index contributed by atoms with van der Waals surface area (Å²) in [5.74, 6) is 0.428. The Morgan fingerprint density at radius 2 is 1.78 bits per heavy atom. The van der Waals surface area contributed by atoms with E-state index in [1.807, 2.05) is 30.3 Å². The Hall–Kier alpha value is -3.54. The summed E-state index contributed by atoms with van der Waals surface area (Å²) >= 11 is 0. The Morgan fingerprint density at radius 3 is 2.56 bits per heavy atom. The molecule has 0 radical (unpaired) electrons. The summed E-state index contributed by atoms with van der Waals surface area (Å²) in [4.78, 5) is 12.2. The fraction of sp³-hybridized carbons (Fsp3) is 0.143. The third-order valence-electron chi connectivity index (χ3n) is 4.57. The molecule has 4 aromatic rings. The Morgan fingerprint density at radius 1 is 0.963 bits per heavy atom. The van der Waals surface area contributed by atoms with E-state index in [1.54, 1.807) is 16.6 Å². The van der Waals surface area contributed by atoms with Crippen molar-refractivity contribution in [3.8, 4) is 11.3 Å². The summed E-state index contributed by atoms with van der Waals surface area (Å²) in [5.41, 5.74) is 5.58. The monoisotopic (exact) mass is 357 g/mol. The lowest BCUT2D eigenvalue weighted by Crippen LogP contribution is -2.24. The van der Waals surface area contributed by atoms with Crippen molar-refractivity contribution in [2.24, 2.45) is 0 Å². The van der Waals surface area contributed by atoms with E-state index in [9.17, 15) is 4.79 Å². The van der Waals surface area contributed by atoms with Gasteiger partial charge in [-0.15, -0.1) is 10.2 Å². The minimum atomic E-state index is -0.155. The van der Waals surface area contributed by atoms with Crippen molar-refractivity contribution in [1.82, 2.24) is 25.1 Å². The highest BCUT2D eigenvalue weighted by atomic mass is 16.1. The number of nitrogens with one attached hydrogen (secondary N) is 1. The molecule has 27 heavy (non-hydrogen) atoms. The highest BCUT2D eigenvalue weighted by molar-refractivity contribution is 5.94. The van der Waals surface area contributed by atoms with Gasteiger partial charge in [0.25, 0.3) is 5.91 Å². The van der Waals surface area contributed by atoms with Crippen LogP contribution >= 0.6 is 0 Å². The summed E-state index contributed by atoms with van der Waals surface area (Å²) in [6.07, 6.45) is 0. The average molecular weight is 357 g/mol. The molecular weight excluding hydrogens is 338 g/mol. The highest BCUT2D eigenvalue weighted by Gasteiger charge is 2.11. The topological polar surface area (TPSA) is 72.2 Å². The molecule has 2 heterocycles. The molecule has 0 aliphatic rings. The zero-order chi connectivity index (χ0) is 18.8. The van der Waals surface area contributed by atoms with Gasteiger partial charge in [-0.05, 0) is 55.3 Å². The summed E-state index contributed by atoms with van der Waals surface area (Å²) < 4.78 is 1.68. The first-order valence-corrected chi connectivity index (χ1v) is 8.74. The molecule has 0 aliphatic heterocycles. The van der Waals surface area contributed by atoms with Crippen LogP contribution in [0.2, 0.25) is 0 Å². The van der Waals surface area contributed by atoms with Gasteiger partial charge in [0.15, 0.2) is 11.5 Å². The number of aromatic nitrogens is 4. The van der Waals surface area contributed by atoms with Gasteiger partial charge in [-0.2, -0.15) is 9.61 Å². The molecule has 2 aromatic heterocycles. The van der Waals surface area contributed by atoms with Crippen molar-refractivity contribution in [3.63, 3.8) is 0 Å². The zero-order valence-electron chi connectivity index (χ0n) is 15.2. The molecule has 1 N–H and O–H groups in total. The van der Waals surface area contributed by atoms with Gasteiger partial charge >= 0.3 is 0 Å². The molecule has 6 heteroatoms. The van der Waals surface area contributed by atoms with Gasteiger partial charge in [0.05, 0.1) is 12.2 Å². The maximum absolute atomic E-state index is 12.2. The predicted octanol–water partition coefficient (Wildman–Crippen LogP) is 3.34. The summed E-state index contributed by atoms with van der Waals surface area (Å²) in [6, 6.07) is 19.2. The maximum Gasteiger partial charge on any atom is 0.251 e. The Labute approximate surface area is 156 Å². The van der Waals surface area contributed by atoms with Crippen molar-refractivity contribution in [3.05, 3.63) is 83.2 Å².